The molecule has 0 bridgehead atoms. The number of fused-ring (bicyclic) bond motifs is 1. The van der Waals surface area contributed by atoms with Crippen molar-refractivity contribution in [3.63, 3.8) is 0 Å². The second-order valence-corrected chi connectivity index (χ2v) is 8.24. The number of hydrogen-bond acceptors (Lipinski definition) is 4. The molecule has 0 saturated carbocycles. The first kappa shape index (κ1) is 17.5. The summed E-state index contributed by atoms with van der Waals surface area (Å²) < 4.78 is 1.57. The summed E-state index contributed by atoms with van der Waals surface area (Å²) >= 11 is 7.42. The molecular weight excluding hydrogens is 366 g/mol. The molecule has 2 heterocycles. The van der Waals surface area contributed by atoms with Gasteiger partial charge in [0, 0.05) is 25.7 Å². The quantitative estimate of drug-likeness (QED) is 0.747. The van der Waals surface area contributed by atoms with Crippen molar-refractivity contribution in [1.82, 2.24) is 15.2 Å². The number of carbonyl (C=O) groups excluding carboxylic acids is 1. The summed E-state index contributed by atoms with van der Waals surface area (Å²) in [5, 5.41) is 3.53. The maximum Gasteiger partial charge on any atom is 0.227 e. The van der Waals surface area contributed by atoms with E-state index in [2.05, 4.69) is 34.6 Å². The Hall–Kier alpha value is -1.95. The number of amides is 1. The molecule has 4 nitrogen and oxygen atoms in total. The summed E-state index contributed by atoms with van der Waals surface area (Å²) in [4.78, 5) is 19.0. The molecule has 1 aromatic heterocycles. The molecule has 1 fully saturated rings. The van der Waals surface area contributed by atoms with Gasteiger partial charge >= 0.3 is 0 Å². The molecule has 2 aromatic carbocycles. The summed E-state index contributed by atoms with van der Waals surface area (Å²) in [5.74, 6) is 0.180. The molecule has 1 saturated heterocycles. The SMILES string of the molecule is O=C(Cc1ccc2nc(Cl)sc2c1)N1CCNC(Cc2ccccc2)C1. The van der Waals surface area contributed by atoms with Crippen molar-refractivity contribution >= 4 is 39.1 Å². The third-order valence-corrected chi connectivity index (χ3v) is 5.84. The molecule has 1 amide bonds. The molecule has 4 rings (SSSR count). The number of aromatic nitrogens is 1. The predicted molar refractivity (Wildman–Crippen MR) is 107 cm³/mol. The fourth-order valence-corrected chi connectivity index (χ4v) is 4.52. The Kier molecular flexibility index (Phi) is 5.20. The minimum atomic E-state index is 0.180. The standard InChI is InChI=1S/C20H20ClN3OS/c21-20-23-17-7-6-15(11-18(17)26-20)12-19(25)24-9-8-22-16(13-24)10-14-4-2-1-3-5-14/h1-7,11,16,22H,8-10,12-13H2. The van der Waals surface area contributed by atoms with E-state index >= 15 is 0 Å². The number of benzene rings is 2. The molecule has 1 unspecified atom stereocenters. The smallest absolute Gasteiger partial charge is 0.227 e. The normalized spacial score (nSPS) is 17.6. The average molecular weight is 386 g/mol. The van der Waals surface area contributed by atoms with Gasteiger partial charge in [0.1, 0.15) is 0 Å². The van der Waals surface area contributed by atoms with E-state index < -0.39 is 0 Å². The van der Waals surface area contributed by atoms with Gasteiger partial charge in [0.2, 0.25) is 5.91 Å². The second kappa shape index (κ2) is 7.74. The zero-order valence-corrected chi connectivity index (χ0v) is 15.9. The Bertz CT molecular complexity index is 912. The van der Waals surface area contributed by atoms with Crippen LogP contribution >= 0.6 is 22.9 Å². The molecule has 0 radical (unpaired) electrons. The van der Waals surface area contributed by atoms with Gasteiger partial charge in [-0.1, -0.05) is 48.0 Å². The highest BCUT2D eigenvalue weighted by Crippen LogP contribution is 2.26. The van der Waals surface area contributed by atoms with Crippen molar-refractivity contribution in [2.24, 2.45) is 0 Å². The van der Waals surface area contributed by atoms with Crippen LogP contribution in [0.4, 0.5) is 0 Å². The van der Waals surface area contributed by atoms with Crippen LogP contribution in [0.25, 0.3) is 10.2 Å². The summed E-state index contributed by atoms with van der Waals surface area (Å²) in [7, 11) is 0. The molecule has 0 spiro atoms. The van der Waals surface area contributed by atoms with Gasteiger partial charge in [0.25, 0.3) is 0 Å². The van der Waals surface area contributed by atoms with E-state index in [0.29, 0.717) is 16.9 Å². The van der Waals surface area contributed by atoms with E-state index in [9.17, 15) is 4.79 Å². The number of hydrogen-bond donors (Lipinski definition) is 1. The fraction of sp³-hybridized carbons (Fsp3) is 0.300. The molecule has 6 heteroatoms. The maximum atomic E-state index is 12.8. The van der Waals surface area contributed by atoms with Crippen LogP contribution in [-0.4, -0.2) is 41.5 Å². The van der Waals surface area contributed by atoms with Crippen molar-refractivity contribution in [2.75, 3.05) is 19.6 Å². The van der Waals surface area contributed by atoms with Crippen molar-refractivity contribution in [3.8, 4) is 0 Å². The predicted octanol–water partition coefficient (Wildman–Crippen LogP) is 3.54. The van der Waals surface area contributed by atoms with Gasteiger partial charge in [-0.25, -0.2) is 4.98 Å². The lowest BCUT2D eigenvalue weighted by atomic mass is 10.0. The van der Waals surface area contributed by atoms with E-state index in [-0.39, 0.29) is 5.91 Å². The Morgan fingerprint density at radius 2 is 2.08 bits per heavy atom. The van der Waals surface area contributed by atoms with Crippen molar-refractivity contribution in [2.45, 2.75) is 18.9 Å². The van der Waals surface area contributed by atoms with Crippen LogP contribution in [0.3, 0.4) is 0 Å². The lowest BCUT2D eigenvalue weighted by Gasteiger charge is -2.34. The monoisotopic (exact) mass is 385 g/mol. The lowest BCUT2D eigenvalue weighted by Crippen LogP contribution is -2.53. The molecule has 134 valence electrons. The minimum absolute atomic E-state index is 0.180. The van der Waals surface area contributed by atoms with E-state index in [1.54, 1.807) is 0 Å². The minimum Gasteiger partial charge on any atom is -0.340 e. The fourth-order valence-electron chi connectivity index (χ4n) is 3.42. The average Bonchev–Trinajstić information content (AvgIpc) is 3.02. The van der Waals surface area contributed by atoms with Crippen LogP contribution in [0.2, 0.25) is 4.47 Å². The number of thiazole rings is 1. The Morgan fingerprint density at radius 1 is 1.23 bits per heavy atom. The molecular formula is C20H20ClN3OS. The maximum absolute atomic E-state index is 12.8. The van der Waals surface area contributed by atoms with E-state index in [0.717, 1.165) is 41.8 Å². The topological polar surface area (TPSA) is 45.2 Å². The molecule has 1 N–H and O–H groups in total. The largest absolute Gasteiger partial charge is 0.340 e. The number of rotatable bonds is 4. The van der Waals surface area contributed by atoms with Crippen LogP contribution in [0, 0.1) is 0 Å². The van der Waals surface area contributed by atoms with Gasteiger partial charge in [0.15, 0.2) is 4.47 Å². The number of nitrogens with one attached hydrogen (secondary N) is 1. The zero-order chi connectivity index (χ0) is 17.9. The molecule has 1 aliphatic rings. The molecule has 0 aliphatic carbocycles. The third kappa shape index (κ3) is 4.06. The Balaban J connectivity index is 1.40. The van der Waals surface area contributed by atoms with Gasteiger partial charge in [-0.2, -0.15) is 0 Å². The molecule has 1 atom stereocenters. The van der Waals surface area contributed by atoms with Gasteiger partial charge in [-0.3, -0.25) is 4.79 Å². The Morgan fingerprint density at radius 3 is 2.92 bits per heavy atom. The lowest BCUT2D eigenvalue weighted by molar-refractivity contribution is -0.131. The van der Waals surface area contributed by atoms with E-state index in [1.165, 1.54) is 16.9 Å². The number of carbonyl (C=O) groups is 1. The number of nitrogens with zero attached hydrogens (tertiary/aromatic N) is 2. The van der Waals surface area contributed by atoms with Crippen LogP contribution in [-0.2, 0) is 17.6 Å². The van der Waals surface area contributed by atoms with Crippen molar-refractivity contribution in [1.29, 1.82) is 0 Å². The Labute approximate surface area is 161 Å². The van der Waals surface area contributed by atoms with Gasteiger partial charge in [-0.05, 0) is 29.7 Å². The van der Waals surface area contributed by atoms with Gasteiger partial charge in [0.05, 0.1) is 16.6 Å². The van der Waals surface area contributed by atoms with Crippen molar-refractivity contribution in [3.05, 3.63) is 64.1 Å². The second-order valence-electron chi connectivity index (χ2n) is 6.63. The number of halogens is 1. The summed E-state index contributed by atoms with van der Waals surface area (Å²) in [6.07, 6.45) is 1.36. The first-order chi connectivity index (χ1) is 12.7. The van der Waals surface area contributed by atoms with Crippen LogP contribution in [0.15, 0.2) is 48.5 Å². The van der Waals surface area contributed by atoms with Gasteiger partial charge in [-0.15, -0.1) is 11.3 Å². The zero-order valence-electron chi connectivity index (χ0n) is 14.3. The summed E-state index contributed by atoms with van der Waals surface area (Å²) in [6.45, 7) is 2.35. The molecule has 3 aromatic rings. The highest BCUT2D eigenvalue weighted by molar-refractivity contribution is 7.22. The van der Waals surface area contributed by atoms with Crippen LogP contribution < -0.4 is 5.32 Å². The van der Waals surface area contributed by atoms with Crippen LogP contribution in [0.1, 0.15) is 11.1 Å². The highest BCUT2D eigenvalue weighted by Gasteiger charge is 2.23. The molecule has 1 aliphatic heterocycles. The first-order valence-corrected chi connectivity index (χ1v) is 9.97. The van der Waals surface area contributed by atoms with Gasteiger partial charge < -0.3 is 10.2 Å². The van der Waals surface area contributed by atoms with Crippen LogP contribution in [0.5, 0.6) is 0 Å². The third-order valence-electron chi connectivity index (χ3n) is 4.72. The molecule has 26 heavy (non-hydrogen) atoms. The summed E-state index contributed by atoms with van der Waals surface area (Å²) in [5.41, 5.74) is 3.20. The highest BCUT2D eigenvalue weighted by atomic mass is 35.5. The number of piperazine rings is 1. The first-order valence-electron chi connectivity index (χ1n) is 8.77. The van der Waals surface area contributed by atoms with E-state index in [1.807, 2.05) is 29.2 Å². The summed E-state index contributed by atoms with van der Waals surface area (Å²) in [6, 6.07) is 16.7. The van der Waals surface area contributed by atoms with Crippen molar-refractivity contribution < 1.29 is 4.79 Å². The van der Waals surface area contributed by atoms with E-state index in [4.69, 9.17) is 11.6 Å².